The highest BCUT2D eigenvalue weighted by molar-refractivity contribution is 6.30. The minimum Gasteiger partial charge on any atom is -0.457 e. The summed E-state index contributed by atoms with van der Waals surface area (Å²) < 4.78 is 5.67. The van der Waals surface area contributed by atoms with Crippen LogP contribution in [0.2, 0.25) is 5.02 Å². The van der Waals surface area contributed by atoms with Gasteiger partial charge in [0, 0.05) is 28.3 Å². The Hall–Kier alpha value is -3.18. The van der Waals surface area contributed by atoms with Crippen molar-refractivity contribution in [2.45, 2.75) is 0 Å². The van der Waals surface area contributed by atoms with E-state index in [2.05, 4.69) is 0 Å². The van der Waals surface area contributed by atoms with E-state index in [0.717, 1.165) is 5.56 Å². The van der Waals surface area contributed by atoms with Crippen LogP contribution in [0.15, 0.2) is 71.2 Å². The van der Waals surface area contributed by atoms with Gasteiger partial charge >= 0.3 is 0 Å². The number of hydrogen-bond donors (Lipinski definition) is 0. The van der Waals surface area contributed by atoms with Crippen molar-refractivity contribution < 1.29 is 14.1 Å². The molecule has 0 unspecified atom stereocenters. The standard InChI is InChI=1S/C19H12ClNO4/c20-15-5-1-14(2-6-15)19-12-10-17(25-19)9-11-18(22)13-3-7-16(8-4-13)21(23)24/h1-12H. The number of hydrogen-bond acceptors (Lipinski definition) is 4. The molecule has 25 heavy (non-hydrogen) atoms. The van der Waals surface area contributed by atoms with E-state index in [1.807, 2.05) is 12.1 Å². The SMILES string of the molecule is O=C(C=Cc1ccc(-c2ccc(Cl)cc2)o1)c1ccc([N+](=O)[O-])cc1. The van der Waals surface area contributed by atoms with Crippen molar-refractivity contribution >= 4 is 29.1 Å². The lowest BCUT2D eigenvalue weighted by Gasteiger charge is -1.97. The molecule has 0 aliphatic rings. The third-order valence-corrected chi connectivity index (χ3v) is 3.77. The van der Waals surface area contributed by atoms with Crippen LogP contribution in [0.25, 0.3) is 17.4 Å². The van der Waals surface area contributed by atoms with Crippen molar-refractivity contribution in [1.82, 2.24) is 0 Å². The predicted octanol–water partition coefficient (Wildman–Crippen LogP) is 5.40. The summed E-state index contributed by atoms with van der Waals surface area (Å²) in [5, 5.41) is 11.3. The van der Waals surface area contributed by atoms with Gasteiger partial charge < -0.3 is 4.42 Å². The zero-order valence-corrected chi connectivity index (χ0v) is 13.6. The first-order valence-corrected chi connectivity index (χ1v) is 7.73. The van der Waals surface area contributed by atoms with Crippen LogP contribution in [0.4, 0.5) is 5.69 Å². The van der Waals surface area contributed by atoms with Crippen LogP contribution < -0.4 is 0 Å². The van der Waals surface area contributed by atoms with Gasteiger partial charge in [-0.1, -0.05) is 11.6 Å². The molecule has 0 bridgehead atoms. The van der Waals surface area contributed by atoms with Crippen LogP contribution in [0.5, 0.6) is 0 Å². The molecule has 3 aromatic rings. The normalized spacial score (nSPS) is 10.9. The Morgan fingerprint density at radius 1 is 1.00 bits per heavy atom. The molecule has 0 atom stereocenters. The number of nitro groups is 1. The van der Waals surface area contributed by atoms with Crippen LogP contribution in [0.3, 0.4) is 0 Å². The fourth-order valence-corrected chi connectivity index (χ4v) is 2.34. The van der Waals surface area contributed by atoms with Gasteiger partial charge in [0.1, 0.15) is 11.5 Å². The van der Waals surface area contributed by atoms with Crippen molar-refractivity contribution in [3.05, 3.63) is 93.2 Å². The molecular formula is C19H12ClNO4. The second kappa shape index (κ2) is 7.15. The molecule has 124 valence electrons. The van der Waals surface area contributed by atoms with Gasteiger partial charge in [-0.2, -0.15) is 0 Å². The summed E-state index contributed by atoms with van der Waals surface area (Å²) in [6.07, 6.45) is 2.93. The zero-order valence-electron chi connectivity index (χ0n) is 12.9. The van der Waals surface area contributed by atoms with Crippen molar-refractivity contribution in [3.8, 4) is 11.3 Å². The van der Waals surface area contributed by atoms with E-state index in [1.165, 1.54) is 30.3 Å². The largest absolute Gasteiger partial charge is 0.457 e. The maximum absolute atomic E-state index is 12.1. The molecule has 1 heterocycles. The molecule has 0 amide bonds. The molecule has 0 aliphatic heterocycles. The van der Waals surface area contributed by atoms with Crippen LogP contribution in [0, 0.1) is 10.1 Å². The number of halogens is 1. The summed E-state index contributed by atoms with van der Waals surface area (Å²) in [6, 6.07) is 16.2. The van der Waals surface area contributed by atoms with E-state index in [-0.39, 0.29) is 11.5 Å². The highest BCUT2D eigenvalue weighted by atomic mass is 35.5. The molecule has 0 aliphatic carbocycles. The van der Waals surface area contributed by atoms with E-state index in [1.54, 1.807) is 30.3 Å². The minimum atomic E-state index is -0.509. The van der Waals surface area contributed by atoms with Crippen molar-refractivity contribution in [1.29, 1.82) is 0 Å². The third kappa shape index (κ3) is 4.02. The maximum Gasteiger partial charge on any atom is 0.269 e. The molecular weight excluding hydrogens is 342 g/mol. The van der Waals surface area contributed by atoms with Gasteiger partial charge in [0.15, 0.2) is 5.78 Å². The van der Waals surface area contributed by atoms with E-state index in [4.69, 9.17) is 16.0 Å². The Balaban J connectivity index is 1.72. The predicted molar refractivity (Wildman–Crippen MR) is 95.6 cm³/mol. The number of allylic oxidation sites excluding steroid dienone is 1. The number of benzene rings is 2. The first-order chi connectivity index (χ1) is 12.0. The van der Waals surface area contributed by atoms with Crippen LogP contribution >= 0.6 is 11.6 Å². The molecule has 5 nitrogen and oxygen atoms in total. The summed E-state index contributed by atoms with van der Waals surface area (Å²) in [6.45, 7) is 0. The Labute approximate surface area is 148 Å². The molecule has 0 saturated heterocycles. The number of non-ortho nitro benzene ring substituents is 1. The zero-order chi connectivity index (χ0) is 17.8. The molecule has 0 radical (unpaired) electrons. The Kier molecular flexibility index (Phi) is 4.77. The van der Waals surface area contributed by atoms with Crippen LogP contribution in [0.1, 0.15) is 16.1 Å². The van der Waals surface area contributed by atoms with Crippen molar-refractivity contribution in [2.75, 3.05) is 0 Å². The number of nitro benzene ring substituents is 1. The monoisotopic (exact) mass is 353 g/mol. The number of ketones is 1. The van der Waals surface area contributed by atoms with Crippen LogP contribution in [-0.4, -0.2) is 10.7 Å². The molecule has 6 heteroatoms. The third-order valence-electron chi connectivity index (χ3n) is 3.52. The summed E-state index contributed by atoms with van der Waals surface area (Å²) in [4.78, 5) is 22.2. The smallest absolute Gasteiger partial charge is 0.269 e. The van der Waals surface area contributed by atoms with E-state index < -0.39 is 4.92 Å². The van der Waals surface area contributed by atoms with Gasteiger partial charge in [-0.15, -0.1) is 0 Å². The average molecular weight is 354 g/mol. The van der Waals surface area contributed by atoms with Crippen molar-refractivity contribution in [3.63, 3.8) is 0 Å². The van der Waals surface area contributed by atoms with E-state index in [0.29, 0.717) is 22.1 Å². The molecule has 3 rings (SSSR count). The summed E-state index contributed by atoms with van der Waals surface area (Å²) >= 11 is 5.86. The van der Waals surface area contributed by atoms with E-state index >= 15 is 0 Å². The van der Waals surface area contributed by atoms with Crippen molar-refractivity contribution in [2.24, 2.45) is 0 Å². The van der Waals surface area contributed by atoms with E-state index in [9.17, 15) is 14.9 Å². The minimum absolute atomic E-state index is 0.0563. The highest BCUT2D eigenvalue weighted by Gasteiger charge is 2.08. The molecule has 1 aromatic heterocycles. The Morgan fingerprint density at radius 2 is 1.68 bits per heavy atom. The first kappa shape index (κ1) is 16.7. The number of carbonyl (C=O) groups excluding carboxylic acids is 1. The molecule has 0 saturated carbocycles. The van der Waals surface area contributed by atoms with Gasteiger partial charge in [0.25, 0.3) is 5.69 Å². The summed E-state index contributed by atoms with van der Waals surface area (Å²) in [5.41, 5.74) is 1.19. The fraction of sp³-hybridized carbons (Fsp3) is 0. The molecule has 0 spiro atoms. The molecule has 0 fully saturated rings. The average Bonchev–Trinajstić information content (AvgIpc) is 3.09. The number of furan rings is 1. The highest BCUT2D eigenvalue weighted by Crippen LogP contribution is 2.24. The molecule has 0 N–H and O–H groups in total. The summed E-state index contributed by atoms with van der Waals surface area (Å²) in [5.74, 6) is 0.929. The number of rotatable bonds is 5. The number of nitrogens with zero attached hydrogens (tertiary/aromatic N) is 1. The van der Waals surface area contributed by atoms with Gasteiger partial charge in [-0.3, -0.25) is 14.9 Å². The van der Waals surface area contributed by atoms with Gasteiger partial charge in [0.05, 0.1) is 4.92 Å². The fourth-order valence-electron chi connectivity index (χ4n) is 2.21. The number of carbonyl (C=O) groups is 1. The lowest BCUT2D eigenvalue weighted by Crippen LogP contribution is -1.95. The van der Waals surface area contributed by atoms with Gasteiger partial charge in [-0.05, 0) is 60.7 Å². The second-order valence-corrected chi connectivity index (χ2v) is 5.65. The topological polar surface area (TPSA) is 73.3 Å². The Morgan fingerprint density at radius 3 is 2.32 bits per heavy atom. The lowest BCUT2D eigenvalue weighted by atomic mass is 10.1. The Bertz CT molecular complexity index is 940. The second-order valence-electron chi connectivity index (χ2n) is 5.21. The quantitative estimate of drug-likeness (QED) is 0.266. The maximum atomic E-state index is 12.1. The summed E-state index contributed by atoms with van der Waals surface area (Å²) in [7, 11) is 0. The van der Waals surface area contributed by atoms with Crippen LogP contribution in [-0.2, 0) is 0 Å². The lowest BCUT2D eigenvalue weighted by molar-refractivity contribution is -0.384. The first-order valence-electron chi connectivity index (χ1n) is 7.35. The molecule has 2 aromatic carbocycles. The van der Waals surface area contributed by atoms with Gasteiger partial charge in [-0.25, -0.2) is 0 Å². The van der Waals surface area contributed by atoms with Gasteiger partial charge in [0.2, 0.25) is 0 Å².